The lowest BCUT2D eigenvalue weighted by Crippen LogP contribution is -2.30. The minimum absolute atomic E-state index is 0.230. The zero-order chi connectivity index (χ0) is 18.3. The van der Waals surface area contributed by atoms with Crippen molar-refractivity contribution in [3.05, 3.63) is 0 Å². The lowest BCUT2D eigenvalue weighted by Gasteiger charge is -2.10. The number of carbonyl (C=O) groups is 4. The fourth-order valence-electron chi connectivity index (χ4n) is 0.648. The lowest BCUT2D eigenvalue weighted by molar-refractivity contribution is -0.234. The van der Waals surface area contributed by atoms with Gasteiger partial charge in [0.15, 0.2) is 0 Å². The first-order chi connectivity index (χ1) is 10.1. The number of carbonyl (C=O) groups excluding carboxylic acids is 4. The van der Waals surface area contributed by atoms with Gasteiger partial charge in [0.1, 0.15) is 13.0 Å². The summed E-state index contributed by atoms with van der Waals surface area (Å²) in [7, 11) is 4.44. The molecule has 0 atom stereocenters. The zero-order valence-corrected chi connectivity index (χ0v) is 16.7. The quantitative estimate of drug-likeness (QED) is 0.228. The molecule has 22 heavy (non-hydrogen) atoms. The van der Waals surface area contributed by atoms with Gasteiger partial charge in [0.05, 0.1) is 0 Å². The van der Waals surface area contributed by atoms with E-state index >= 15 is 0 Å². The summed E-state index contributed by atoms with van der Waals surface area (Å²) in [6.45, 7) is 1.08. The van der Waals surface area contributed by atoms with Crippen molar-refractivity contribution >= 4 is 61.0 Å². The maximum absolute atomic E-state index is 10.6. The Bertz CT molecular complexity index is 365. The van der Waals surface area contributed by atoms with Gasteiger partial charge < -0.3 is 14.7 Å². The van der Waals surface area contributed by atoms with Gasteiger partial charge in [-0.3, -0.25) is 14.5 Å². The fourth-order valence-corrected chi connectivity index (χ4v) is 0.648. The Labute approximate surface area is 150 Å². The van der Waals surface area contributed by atoms with Crippen LogP contribution in [0.2, 0.25) is 0 Å². The number of halogens is 2. The molecule has 0 saturated carbocycles. The Kier molecular flexibility index (Phi) is 19.8. The third-order valence-corrected chi connectivity index (χ3v) is 1.90. The number of nitrogens with zero attached hydrogens (tertiary/aromatic N) is 2. The molecule has 0 unspecified atom stereocenters. The van der Waals surface area contributed by atoms with Crippen LogP contribution in [0.5, 0.6) is 0 Å². The van der Waals surface area contributed by atoms with Crippen molar-refractivity contribution in [3.63, 3.8) is 0 Å². The van der Waals surface area contributed by atoms with E-state index < -0.39 is 24.3 Å². The van der Waals surface area contributed by atoms with Crippen LogP contribution in [-0.4, -0.2) is 71.8 Å². The average Bonchev–Trinajstić information content (AvgIpc) is 2.49. The summed E-state index contributed by atoms with van der Waals surface area (Å²) in [5.74, 6) is -2.46. The predicted octanol–water partition coefficient (Wildman–Crippen LogP) is 0.733. The van der Waals surface area contributed by atoms with Crippen LogP contribution < -0.4 is 0 Å². The fraction of sp³-hybridized carbons (Fsp3) is 0.600. The van der Waals surface area contributed by atoms with E-state index in [2.05, 4.69) is 47.0 Å². The van der Waals surface area contributed by atoms with E-state index in [0.29, 0.717) is 0 Å². The van der Waals surface area contributed by atoms with E-state index in [-0.39, 0.29) is 12.5 Å². The predicted molar refractivity (Wildman–Crippen MR) is 92.1 cm³/mol. The molecule has 0 aliphatic carbocycles. The number of likely N-dealkylation sites (N-methyl/N-ethyl adjacent to an activating group) is 1. The molecule has 0 radical (unpaired) electrons. The number of hydrogen-bond acceptors (Lipinski definition) is 8. The molecular weight excluding hydrogens is 530 g/mol. The summed E-state index contributed by atoms with van der Waals surface area (Å²) in [6, 6.07) is 0. The molecule has 0 spiro atoms. The van der Waals surface area contributed by atoms with E-state index in [1.54, 1.807) is 0 Å². The SMILES string of the molecule is CC(=O)N(C)CC(=O)OO.CN(C)C(=O)CC(=O)OO.II. The molecule has 0 aliphatic rings. The minimum Gasteiger partial charge on any atom is -0.348 e. The van der Waals surface area contributed by atoms with Crippen molar-refractivity contribution in [2.45, 2.75) is 13.3 Å². The normalized spacial score (nSPS) is 8.18. The Balaban J connectivity index is -0.000000294. The Morgan fingerprint density at radius 3 is 1.64 bits per heavy atom. The molecule has 0 bridgehead atoms. The van der Waals surface area contributed by atoms with Crippen molar-refractivity contribution in [1.29, 1.82) is 0 Å². The molecule has 0 aliphatic heterocycles. The van der Waals surface area contributed by atoms with Crippen molar-refractivity contribution in [2.75, 3.05) is 27.7 Å². The second-order valence-corrected chi connectivity index (χ2v) is 3.77. The monoisotopic (exact) mass is 548 g/mol. The highest BCUT2D eigenvalue weighted by Crippen LogP contribution is 1.89. The summed E-state index contributed by atoms with van der Waals surface area (Å²) in [6.07, 6.45) is -0.427. The molecule has 0 aromatic heterocycles. The molecule has 130 valence electrons. The molecule has 0 saturated heterocycles. The minimum atomic E-state index is -0.946. The molecule has 0 aromatic carbocycles. The van der Waals surface area contributed by atoms with Crippen LogP contribution in [0.25, 0.3) is 0 Å². The summed E-state index contributed by atoms with van der Waals surface area (Å²) in [4.78, 5) is 50.5. The number of amides is 2. The van der Waals surface area contributed by atoms with E-state index in [4.69, 9.17) is 10.5 Å². The molecule has 0 heterocycles. The highest BCUT2D eigenvalue weighted by molar-refractivity contribution is 15.0. The van der Waals surface area contributed by atoms with Crippen LogP contribution in [0.3, 0.4) is 0 Å². The van der Waals surface area contributed by atoms with Gasteiger partial charge in [0.25, 0.3) is 0 Å². The van der Waals surface area contributed by atoms with E-state index in [9.17, 15) is 19.2 Å². The van der Waals surface area contributed by atoms with Gasteiger partial charge in [-0.15, -0.1) is 0 Å². The molecule has 10 nitrogen and oxygen atoms in total. The van der Waals surface area contributed by atoms with Crippen molar-refractivity contribution in [1.82, 2.24) is 9.80 Å². The summed E-state index contributed by atoms with van der Waals surface area (Å²) < 4.78 is 0. The van der Waals surface area contributed by atoms with Gasteiger partial charge in [-0.1, -0.05) is 0 Å². The van der Waals surface area contributed by atoms with Gasteiger partial charge in [-0.2, -0.15) is 10.5 Å². The molecule has 2 N–H and O–H groups in total. The first-order valence-corrected chi connectivity index (χ1v) is 11.7. The van der Waals surface area contributed by atoms with Crippen LogP contribution in [-0.2, 0) is 29.0 Å². The summed E-state index contributed by atoms with van der Waals surface area (Å²) >= 11 is 4.24. The van der Waals surface area contributed by atoms with E-state index in [1.807, 2.05) is 0 Å². The topological polar surface area (TPSA) is 134 Å². The Morgan fingerprint density at radius 2 is 1.36 bits per heavy atom. The lowest BCUT2D eigenvalue weighted by atomic mass is 10.4. The summed E-state index contributed by atoms with van der Waals surface area (Å²) in [5, 5.41) is 15.5. The van der Waals surface area contributed by atoms with Gasteiger partial charge in [0.2, 0.25) is 11.8 Å². The highest BCUT2D eigenvalue weighted by atomic mass is 128. The highest BCUT2D eigenvalue weighted by Gasteiger charge is 2.11. The molecule has 0 aromatic rings. The van der Waals surface area contributed by atoms with E-state index in [0.717, 1.165) is 4.90 Å². The van der Waals surface area contributed by atoms with Crippen molar-refractivity contribution in [2.24, 2.45) is 0 Å². The number of rotatable bonds is 4. The second-order valence-electron chi connectivity index (χ2n) is 3.77. The van der Waals surface area contributed by atoms with Crippen LogP contribution in [0.15, 0.2) is 0 Å². The van der Waals surface area contributed by atoms with Gasteiger partial charge in [0, 0.05) is 65.3 Å². The average molecular weight is 548 g/mol. The maximum atomic E-state index is 10.6. The van der Waals surface area contributed by atoms with E-state index in [1.165, 1.54) is 33.0 Å². The zero-order valence-electron chi connectivity index (χ0n) is 12.4. The molecule has 2 amide bonds. The first kappa shape index (κ1) is 26.2. The molecule has 12 heteroatoms. The largest absolute Gasteiger partial charge is 0.361 e. The Hall–Kier alpha value is -0.740. The number of hydrogen-bond donors (Lipinski definition) is 2. The molecular formula is C10H18I2N2O8. The van der Waals surface area contributed by atoms with Crippen molar-refractivity contribution < 1.29 is 39.5 Å². The second kappa shape index (κ2) is 16.6. The third kappa shape index (κ3) is 17.3. The van der Waals surface area contributed by atoms with Crippen LogP contribution in [0.1, 0.15) is 13.3 Å². The van der Waals surface area contributed by atoms with Gasteiger partial charge in [-0.25, -0.2) is 9.59 Å². The van der Waals surface area contributed by atoms with Crippen LogP contribution in [0.4, 0.5) is 0 Å². The first-order valence-electron chi connectivity index (χ1n) is 5.40. The smallest absolute Gasteiger partial charge is 0.348 e. The maximum Gasteiger partial charge on any atom is 0.361 e. The van der Waals surface area contributed by atoms with Crippen LogP contribution in [0, 0.1) is 0 Å². The summed E-state index contributed by atoms with van der Waals surface area (Å²) in [5.41, 5.74) is 0. The van der Waals surface area contributed by atoms with Crippen LogP contribution >= 0.6 is 37.2 Å². The molecule has 0 fully saturated rings. The third-order valence-electron chi connectivity index (χ3n) is 1.90. The molecule has 0 rings (SSSR count). The standard InChI is InChI=1S/2C5H9NO4.I2/c1-6(2)4(7)3-5(8)10-9;1-4(7)6(2)3-5(8)10-9;1-2/h2*9H,3H2,1-2H3;. The van der Waals surface area contributed by atoms with Crippen molar-refractivity contribution in [3.8, 4) is 0 Å². The van der Waals surface area contributed by atoms with Gasteiger partial charge in [-0.05, 0) is 0 Å². The Morgan fingerprint density at radius 1 is 0.955 bits per heavy atom. The van der Waals surface area contributed by atoms with Gasteiger partial charge >= 0.3 is 11.9 Å².